The van der Waals surface area contributed by atoms with Gasteiger partial charge >= 0.3 is 0 Å². The average Bonchev–Trinajstić information content (AvgIpc) is 2.93. The fourth-order valence-electron chi connectivity index (χ4n) is 2.02. The zero-order valence-corrected chi connectivity index (χ0v) is 9.41. The number of aliphatic hydroxyl groups is 1. The van der Waals surface area contributed by atoms with Gasteiger partial charge in [-0.2, -0.15) is 4.98 Å². The first kappa shape index (κ1) is 11.0. The number of nitrogen functional groups attached to an aromatic ring is 1. The summed E-state index contributed by atoms with van der Waals surface area (Å²) < 4.78 is 7.25. The summed E-state index contributed by atoms with van der Waals surface area (Å²) >= 11 is 0. The van der Waals surface area contributed by atoms with E-state index >= 15 is 0 Å². The van der Waals surface area contributed by atoms with Crippen molar-refractivity contribution in [1.82, 2.24) is 14.5 Å². The lowest BCUT2D eigenvalue weighted by molar-refractivity contribution is -0.00613. The van der Waals surface area contributed by atoms with Crippen LogP contribution in [0.2, 0.25) is 0 Å². The minimum Gasteiger partial charge on any atom is -0.393 e. The average molecular weight is 248 g/mol. The van der Waals surface area contributed by atoms with Crippen molar-refractivity contribution in [1.29, 1.82) is 0 Å². The van der Waals surface area contributed by atoms with Crippen LogP contribution in [0, 0.1) is 0 Å². The molecular formula is C11H12N4O3. The summed E-state index contributed by atoms with van der Waals surface area (Å²) in [5.74, 6) is 0.0631. The van der Waals surface area contributed by atoms with E-state index in [9.17, 15) is 4.79 Å². The van der Waals surface area contributed by atoms with Gasteiger partial charge < -0.3 is 20.1 Å². The Morgan fingerprint density at radius 1 is 1.56 bits per heavy atom. The van der Waals surface area contributed by atoms with Crippen LogP contribution in [0.5, 0.6) is 0 Å². The van der Waals surface area contributed by atoms with Crippen molar-refractivity contribution in [2.75, 3.05) is 12.3 Å². The topological polar surface area (TPSA) is 106 Å². The molecule has 18 heavy (non-hydrogen) atoms. The summed E-state index contributed by atoms with van der Waals surface area (Å²) in [5.41, 5.74) is 5.71. The Morgan fingerprint density at radius 2 is 2.39 bits per heavy atom. The summed E-state index contributed by atoms with van der Waals surface area (Å²) in [6.45, 7) is -0.0810. The first-order chi connectivity index (χ1) is 8.69. The number of aliphatic hydroxyl groups excluding tert-OH is 1. The highest BCUT2D eigenvalue weighted by molar-refractivity contribution is 5.76. The van der Waals surface area contributed by atoms with Gasteiger partial charge in [0, 0.05) is 6.20 Å². The molecule has 0 amide bonds. The number of aromatic amines is 1. The smallest absolute Gasteiger partial charge is 0.261 e. The van der Waals surface area contributed by atoms with Crippen LogP contribution in [-0.4, -0.2) is 32.4 Å². The summed E-state index contributed by atoms with van der Waals surface area (Å²) in [5, 5.41) is 9.46. The second kappa shape index (κ2) is 3.97. The first-order valence-corrected chi connectivity index (χ1v) is 5.50. The van der Waals surface area contributed by atoms with E-state index in [1.807, 2.05) is 0 Å². The molecule has 4 N–H and O–H groups in total. The molecule has 7 nitrogen and oxygen atoms in total. The first-order valence-electron chi connectivity index (χ1n) is 5.50. The number of hydrogen-bond donors (Lipinski definition) is 3. The zero-order valence-electron chi connectivity index (χ0n) is 9.41. The van der Waals surface area contributed by atoms with Gasteiger partial charge in [-0.1, -0.05) is 6.08 Å². The molecule has 0 bridgehead atoms. The number of nitrogens with two attached hydrogens (primary N) is 1. The van der Waals surface area contributed by atoms with Gasteiger partial charge in [-0.3, -0.25) is 9.78 Å². The van der Waals surface area contributed by atoms with Gasteiger partial charge in [0.05, 0.1) is 12.0 Å². The van der Waals surface area contributed by atoms with Crippen LogP contribution >= 0.6 is 0 Å². The molecule has 0 spiro atoms. The number of nitrogens with one attached hydrogen (secondary N) is 1. The van der Waals surface area contributed by atoms with Gasteiger partial charge in [0.1, 0.15) is 6.10 Å². The summed E-state index contributed by atoms with van der Waals surface area (Å²) in [4.78, 5) is 18.2. The maximum Gasteiger partial charge on any atom is 0.261 e. The van der Waals surface area contributed by atoms with Gasteiger partial charge in [-0.05, 0) is 12.1 Å². The molecule has 1 aliphatic heterocycles. The predicted molar refractivity (Wildman–Crippen MR) is 64.9 cm³/mol. The Hall–Kier alpha value is -2.12. The van der Waals surface area contributed by atoms with E-state index in [-0.39, 0.29) is 30.4 Å². The maximum absolute atomic E-state index is 11.7. The lowest BCUT2D eigenvalue weighted by Crippen LogP contribution is -2.16. The highest BCUT2D eigenvalue weighted by Crippen LogP contribution is 2.24. The molecule has 0 aliphatic carbocycles. The van der Waals surface area contributed by atoms with Crippen molar-refractivity contribution in [3.8, 4) is 0 Å². The third kappa shape index (κ3) is 1.60. The van der Waals surface area contributed by atoms with E-state index in [4.69, 9.17) is 15.6 Å². The number of hydrogen-bond acceptors (Lipinski definition) is 5. The van der Waals surface area contributed by atoms with Gasteiger partial charge in [0.2, 0.25) is 5.95 Å². The fraction of sp³-hybridized carbons (Fsp3) is 0.273. The van der Waals surface area contributed by atoms with Gasteiger partial charge in [0.25, 0.3) is 5.56 Å². The summed E-state index contributed by atoms with van der Waals surface area (Å²) in [7, 11) is 0. The third-order valence-corrected chi connectivity index (χ3v) is 2.86. The minimum absolute atomic E-state index is 0.0631. The molecule has 0 radical (unpaired) electrons. The molecule has 94 valence electrons. The van der Waals surface area contributed by atoms with Crippen LogP contribution in [0.4, 0.5) is 5.95 Å². The number of H-pyrrole nitrogens is 1. The highest BCUT2D eigenvalue weighted by Gasteiger charge is 2.21. The van der Waals surface area contributed by atoms with Crippen molar-refractivity contribution in [2.45, 2.75) is 12.3 Å². The lowest BCUT2D eigenvalue weighted by atomic mass is 10.4. The normalized spacial score (nSPS) is 22.9. The van der Waals surface area contributed by atoms with Crippen LogP contribution in [0.3, 0.4) is 0 Å². The van der Waals surface area contributed by atoms with E-state index < -0.39 is 0 Å². The number of fused-ring (bicyclic) bond motifs is 1. The van der Waals surface area contributed by atoms with Crippen molar-refractivity contribution < 1.29 is 9.84 Å². The molecule has 7 heteroatoms. The quantitative estimate of drug-likeness (QED) is 0.635. The van der Waals surface area contributed by atoms with Crippen molar-refractivity contribution in [3.63, 3.8) is 0 Å². The molecule has 3 rings (SSSR count). The van der Waals surface area contributed by atoms with Crippen molar-refractivity contribution in [3.05, 3.63) is 34.8 Å². The molecule has 0 unspecified atom stereocenters. The van der Waals surface area contributed by atoms with Crippen LogP contribution < -0.4 is 11.3 Å². The molecule has 1 aliphatic rings. The molecule has 2 aromatic heterocycles. The summed E-state index contributed by atoms with van der Waals surface area (Å²) in [6.07, 6.45) is 4.58. The predicted octanol–water partition coefficient (Wildman–Crippen LogP) is -0.247. The third-order valence-electron chi connectivity index (χ3n) is 2.86. The standard InChI is InChI=1S/C11H12N4O3/c12-11-13-9-7(10(17)14-11)3-4-15(9)8-2-1-6(5-16)18-8/h1-4,6,8,16H,5H2,(H3,12,13,14,17)/t6-,8+/m0/s1. The molecule has 2 atom stereocenters. The molecular weight excluding hydrogens is 236 g/mol. The van der Waals surface area contributed by atoms with Crippen LogP contribution in [0.1, 0.15) is 6.23 Å². The van der Waals surface area contributed by atoms with Crippen molar-refractivity contribution >= 4 is 17.0 Å². The van der Waals surface area contributed by atoms with Crippen LogP contribution in [0.25, 0.3) is 11.0 Å². The highest BCUT2D eigenvalue weighted by atomic mass is 16.5. The zero-order chi connectivity index (χ0) is 12.7. The van der Waals surface area contributed by atoms with E-state index in [1.165, 1.54) is 0 Å². The van der Waals surface area contributed by atoms with E-state index in [0.717, 1.165) is 0 Å². The minimum atomic E-state index is -0.381. The van der Waals surface area contributed by atoms with Crippen LogP contribution in [-0.2, 0) is 4.74 Å². The number of ether oxygens (including phenoxy) is 1. The Morgan fingerprint density at radius 3 is 3.11 bits per heavy atom. The Labute approximate surface area is 102 Å². The lowest BCUT2D eigenvalue weighted by Gasteiger charge is -2.14. The Balaban J connectivity index is 2.09. The molecule has 0 aromatic carbocycles. The molecule has 0 saturated carbocycles. The van der Waals surface area contributed by atoms with Gasteiger partial charge in [-0.15, -0.1) is 0 Å². The Kier molecular flexibility index (Phi) is 2.42. The molecule has 3 heterocycles. The number of aromatic nitrogens is 3. The molecule has 0 fully saturated rings. The molecule has 0 saturated heterocycles. The molecule has 2 aromatic rings. The largest absolute Gasteiger partial charge is 0.393 e. The van der Waals surface area contributed by atoms with Crippen molar-refractivity contribution in [2.24, 2.45) is 0 Å². The van der Waals surface area contributed by atoms with E-state index in [2.05, 4.69) is 9.97 Å². The monoisotopic (exact) mass is 248 g/mol. The SMILES string of the molecule is Nc1nc2c(ccn2[C@H]2C=C[C@@H](CO)O2)c(=O)[nH]1. The maximum atomic E-state index is 11.7. The second-order valence-corrected chi connectivity index (χ2v) is 4.04. The number of rotatable bonds is 2. The summed E-state index contributed by atoms with van der Waals surface area (Å²) in [6, 6.07) is 1.66. The number of anilines is 1. The van der Waals surface area contributed by atoms with Gasteiger partial charge in [0.15, 0.2) is 11.9 Å². The fourth-order valence-corrected chi connectivity index (χ4v) is 2.02. The van der Waals surface area contributed by atoms with Crippen LogP contribution in [0.15, 0.2) is 29.2 Å². The second-order valence-electron chi connectivity index (χ2n) is 4.04. The Bertz CT molecular complexity index is 672. The number of nitrogens with zero attached hydrogens (tertiary/aromatic N) is 2. The van der Waals surface area contributed by atoms with E-state index in [1.54, 1.807) is 29.0 Å². The van der Waals surface area contributed by atoms with Gasteiger partial charge in [-0.25, -0.2) is 0 Å². The van der Waals surface area contributed by atoms with E-state index in [0.29, 0.717) is 11.0 Å².